The van der Waals surface area contributed by atoms with E-state index in [1.807, 2.05) is 0 Å². The molecule has 0 saturated carbocycles. The lowest BCUT2D eigenvalue weighted by molar-refractivity contribution is 0.628. The van der Waals surface area contributed by atoms with E-state index in [0.717, 1.165) is 5.69 Å². The summed E-state index contributed by atoms with van der Waals surface area (Å²) >= 11 is 11.6. The van der Waals surface area contributed by atoms with Crippen molar-refractivity contribution in [3.63, 3.8) is 0 Å². The highest BCUT2D eigenvalue weighted by Gasteiger charge is 2.11. The summed E-state index contributed by atoms with van der Waals surface area (Å²) in [6.07, 6.45) is 0. The van der Waals surface area contributed by atoms with Gasteiger partial charge in [-0.3, -0.25) is 5.10 Å². The Morgan fingerprint density at radius 2 is 2.00 bits per heavy atom. The molecule has 2 aromatic rings. The van der Waals surface area contributed by atoms with E-state index in [1.54, 1.807) is 6.07 Å². The molecule has 0 amide bonds. The molecule has 0 bridgehead atoms. The van der Waals surface area contributed by atoms with Gasteiger partial charge in [0, 0.05) is 17.8 Å². The molecule has 1 aromatic heterocycles. The summed E-state index contributed by atoms with van der Waals surface area (Å²) in [6, 6.07) is 4.32. The molecule has 0 aliphatic carbocycles. The summed E-state index contributed by atoms with van der Waals surface area (Å²) < 4.78 is 13.3. The maximum absolute atomic E-state index is 13.3. The fourth-order valence-electron chi connectivity index (χ4n) is 1.32. The smallest absolute Gasteiger partial charge is 0.142 e. The third-order valence-electron chi connectivity index (χ3n) is 2.14. The lowest BCUT2D eigenvalue weighted by Gasteiger charge is -2.02. The fraction of sp³-hybridized carbons (Fsp3) is 0.100. The summed E-state index contributed by atoms with van der Waals surface area (Å²) in [4.78, 5) is 0. The average molecular weight is 260 g/mol. The minimum atomic E-state index is -0.529. The minimum absolute atomic E-state index is 0.0108. The number of aromatic nitrogens is 2. The summed E-state index contributed by atoms with van der Waals surface area (Å²) in [5, 5.41) is 7.05. The Hall–Kier alpha value is -1.10. The molecule has 0 aliphatic heterocycles. The first-order chi connectivity index (χ1) is 7.61. The third kappa shape index (κ3) is 2.04. The first-order valence-electron chi connectivity index (χ1n) is 4.51. The average Bonchev–Trinajstić information content (AvgIpc) is 2.71. The number of aromatic amines is 1. The van der Waals surface area contributed by atoms with Crippen molar-refractivity contribution in [2.45, 2.75) is 6.54 Å². The molecule has 2 rings (SSSR count). The Balaban J connectivity index is 2.51. The van der Waals surface area contributed by atoms with Gasteiger partial charge in [0.1, 0.15) is 5.82 Å². The molecule has 0 atom stereocenters. The summed E-state index contributed by atoms with van der Waals surface area (Å²) in [5.74, 6) is -0.529. The standard InChI is InChI=1S/C10H8Cl2FN3/c11-7-3-8(12)9(13)2-6(7)10-1-5(4-14)15-16-10/h1-3H,4,14H2,(H,15,16). The molecule has 0 fully saturated rings. The second kappa shape index (κ2) is 4.41. The molecule has 0 spiro atoms. The Morgan fingerprint density at radius 1 is 1.25 bits per heavy atom. The molecule has 0 radical (unpaired) electrons. The van der Waals surface area contributed by atoms with Crippen molar-refractivity contribution in [3.8, 4) is 11.3 Å². The van der Waals surface area contributed by atoms with Crippen LogP contribution in [0.3, 0.4) is 0 Å². The molecule has 84 valence electrons. The van der Waals surface area contributed by atoms with Gasteiger partial charge >= 0.3 is 0 Å². The number of nitrogens with one attached hydrogen (secondary N) is 1. The van der Waals surface area contributed by atoms with Gasteiger partial charge in [-0.15, -0.1) is 0 Å². The van der Waals surface area contributed by atoms with Crippen LogP contribution in [0, 0.1) is 5.82 Å². The SMILES string of the molecule is NCc1cc(-c2cc(F)c(Cl)cc2Cl)n[nH]1. The predicted octanol–water partition coefficient (Wildman–Crippen LogP) is 2.98. The van der Waals surface area contributed by atoms with Crippen molar-refractivity contribution in [1.82, 2.24) is 10.2 Å². The van der Waals surface area contributed by atoms with Crippen molar-refractivity contribution in [2.24, 2.45) is 5.73 Å². The van der Waals surface area contributed by atoms with Crippen molar-refractivity contribution in [3.05, 3.63) is 39.8 Å². The summed E-state index contributed by atoms with van der Waals surface area (Å²) in [6.45, 7) is 0.334. The van der Waals surface area contributed by atoms with Crippen LogP contribution in [0.4, 0.5) is 4.39 Å². The first kappa shape index (κ1) is 11.4. The van der Waals surface area contributed by atoms with Crippen LogP contribution in [-0.2, 0) is 6.54 Å². The lowest BCUT2D eigenvalue weighted by atomic mass is 10.1. The highest BCUT2D eigenvalue weighted by molar-refractivity contribution is 6.36. The molecule has 0 aliphatic rings. The van der Waals surface area contributed by atoms with Crippen molar-refractivity contribution >= 4 is 23.2 Å². The van der Waals surface area contributed by atoms with E-state index in [9.17, 15) is 4.39 Å². The highest BCUT2D eigenvalue weighted by atomic mass is 35.5. The number of nitrogens with zero attached hydrogens (tertiary/aromatic N) is 1. The molecular formula is C10H8Cl2FN3. The Labute approximate surface area is 101 Å². The van der Waals surface area contributed by atoms with Gasteiger partial charge in [-0.05, 0) is 18.2 Å². The number of benzene rings is 1. The topological polar surface area (TPSA) is 54.7 Å². The second-order valence-electron chi connectivity index (χ2n) is 3.23. The number of nitrogens with two attached hydrogens (primary N) is 1. The number of halogens is 3. The van der Waals surface area contributed by atoms with Crippen LogP contribution in [0.2, 0.25) is 10.0 Å². The van der Waals surface area contributed by atoms with E-state index in [-0.39, 0.29) is 5.02 Å². The fourth-order valence-corrected chi connectivity index (χ4v) is 1.80. The normalized spacial score (nSPS) is 10.8. The van der Waals surface area contributed by atoms with Crippen LogP contribution in [0.5, 0.6) is 0 Å². The molecule has 16 heavy (non-hydrogen) atoms. The first-order valence-corrected chi connectivity index (χ1v) is 5.26. The van der Waals surface area contributed by atoms with E-state index < -0.39 is 5.82 Å². The zero-order valence-corrected chi connectivity index (χ0v) is 9.61. The van der Waals surface area contributed by atoms with Gasteiger partial charge in [0.15, 0.2) is 0 Å². The molecule has 0 unspecified atom stereocenters. The van der Waals surface area contributed by atoms with Crippen molar-refractivity contribution in [1.29, 1.82) is 0 Å². The van der Waals surface area contributed by atoms with Crippen molar-refractivity contribution in [2.75, 3.05) is 0 Å². The molecule has 3 nitrogen and oxygen atoms in total. The van der Waals surface area contributed by atoms with E-state index in [1.165, 1.54) is 12.1 Å². The predicted molar refractivity (Wildman–Crippen MR) is 61.9 cm³/mol. The van der Waals surface area contributed by atoms with Gasteiger partial charge in [-0.25, -0.2) is 4.39 Å². The molecule has 0 saturated heterocycles. The zero-order valence-electron chi connectivity index (χ0n) is 8.10. The third-order valence-corrected chi connectivity index (χ3v) is 2.74. The zero-order chi connectivity index (χ0) is 11.7. The van der Waals surface area contributed by atoms with Crippen LogP contribution in [0.25, 0.3) is 11.3 Å². The number of rotatable bonds is 2. The molecule has 6 heteroatoms. The van der Waals surface area contributed by atoms with Gasteiger partial charge in [0.05, 0.1) is 15.7 Å². The monoisotopic (exact) mass is 259 g/mol. The number of hydrogen-bond acceptors (Lipinski definition) is 2. The minimum Gasteiger partial charge on any atom is -0.325 e. The molecule has 1 heterocycles. The van der Waals surface area contributed by atoms with E-state index in [2.05, 4.69) is 10.2 Å². The van der Waals surface area contributed by atoms with E-state index in [0.29, 0.717) is 22.8 Å². The van der Waals surface area contributed by atoms with E-state index >= 15 is 0 Å². The van der Waals surface area contributed by atoms with Crippen LogP contribution in [0.15, 0.2) is 18.2 Å². The van der Waals surface area contributed by atoms with Crippen molar-refractivity contribution < 1.29 is 4.39 Å². The van der Waals surface area contributed by atoms with Gasteiger partial charge < -0.3 is 5.73 Å². The van der Waals surface area contributed by atoms with Crippen LogP contribution >= 0.6 is 23.2 Å². The summed E-state index contributed by atoms with van der Waals surface area (Å²) in [5.41, 5.74) is 7.21. The quantitative estimate of drug-likeness (QED) is 0.815. The van der Waals surface area contributed by atoms with Gasteiger partial charge in [0.2, 0.25) is 0 Å². The maximum Gasteiger partial charge on any atom is 0.142 e. The Bertz CT molecular complexity index is 525. The Kier molecular flexibility index (Phi) is 3.14. The highest BCUT2D eigenvalue weighted by Crippen LogP contribution is 2.31. The molecule has 1 aromatic carbocycles. The van der Waals surface area contributed by atoms with Gasteiger partial charge in [0.25, 0.3) is 0 Å². The van der Waals surface area contributed by atoms with Gasteiger partial charge in [-0.2, -0.15) is 5.10 Å². The Morgan fingerprint density at radius 3 is 2.62 bits per heavy atom. The van der Waals surface area contributed by atoms with Crippen LogP contribution < -0.4 is 5.73 Å². The molecular weight excluding hydrogens is 252 g/mol. The number of H-pyrrole nitrogens is 1. The summed E-state index contributed by atoms with van der Waals surface area (Å²) in [7, 11) is 0. The lowest BCUT2D eigenvalue weighted by Crippen LogP contribution is -1.95. The van der Waals surface area contributed by atoms with Crippen LogP contribution in [0.1, 0.15) is 5.69 Å². The number of hydrogen-bond donors (Lipinski definition) is 2. The molecule has 3 N–H and O–H groups in total. The van der Waals surface area contributed by atoms with Gasteiger partial charge in [-0.1, -0.05) is 23.2 Å². The maximum atomic E-state index is 13.3. The van der Waals surface area contributed by atoms with Crippen LogP contribution in [-0.4, -0.2) is 10.2 Å². The second-order valence-corrected chi connectivity index (χ2v) is 4.04. The largest absolute Gasteiger partial charge is 0.325 e. The van der Waals surface area contributed by atoms with E-state index in [4.69, 9.17) is 28.9 Å².